The summed E-state index contributed by atoms with van der Waals surface area (Å²) in [6.07, 6.45) is 4.46. The van der Waals surface area contributed by atoms with E-state index in [2.05, 4.69) is 4.90 Å². The van der Waals surface area contributed by atoms with Crippen molar-refractivity contribution in [1.29, 1.82) is 0 Å². The molecule has 1 fully saturated rings. The predicted molar refractivity (Wildman–Crippen MR) is 65.1 cm³/mol. The summed E-state index contributed by atoms with van der Waals surface area (Å²) in [5.41, 5.74) is 6.35. The zero-order valence-electron chi connectivity index (χ0n) is 9.53. The van der Waals surface area contributed by atoms with Gasteiger partial charge in [-0.3, -0.25) is 0 Å². The highest BCUT2D eigenvalue weighted by atomic mass is 19.1. The van der Waals surface area contributed by atoms with Gasteiger partial charge in [-0.1, -0.05) is 12.1 Å². The smallest absolute Gasteiger partial charge is 0.146 e. The number of rotatable bonds is 3. The SMILES string of the molecule is NCCC1CCCCN1c1ccccc1F. The second-order valence-corrected chi connectivity index (χ2v) is 4.37. The lowest BCUT2D eigenvalue weighted by atomic mass is 9.98. The summed E-state index contributed by atoms with van der Waals surface area (Å²) in [5, 5.41) is 0. The van der Waals surface area contributed by atoms with Gasteiger partial charge in [0.2, 0.25) is 0 Å². The second-order valence-electron chi connectivity index (χ2n) is 4.37. The molecule has 0 radical (unpaired) electrons. The summed E-state index contributed by atoms with van der Waals surface area (Å²) in [5.74, 6) is -0.119. The fourth-order valence-corrected chi connectivity index (χ4v) is 2.49. The Hall–Kier alpha value is -1.09. The number of nitrogens with two attached hydrogens (primary N) is 1. The van der Waals surface area contributed by atoms with Gasteiger partial charge >= 0.3 is 0 Å². The van der Waals surface area contributed by atoms with E-state index in [1.807, 2.05) is 12.1 Å². The molecule has 3 heteroatoms. The van der Waals surface area contributed by atoms with E-state index in [0.29, 0.717) is 12.6 Å². The number of hydrogen-bond donors (Lipinski definition) is 1. The summed E-state index contributed by atoms with van der Waals surface area (Å²) in [6.45, 7) is 1.63. The van der Waals surface area contributed by atoms with Crippen LogP contribution in [0.25, 0.3) is 0 Å². The maximum atomic E-state index is 13.7. The van der Waals surface area contributed by atoms with Gasteiger partial charge in [0.15, 0.2) is 0 Å². The molecule has 2 N–H and O–H groups in total. The van der Waals surface area contributed by atoms with Crippen LogP contribution in [0.15, 0.2) is 24.3 Å². The third-order valence-electron chi connectivity index (χ3n) is 3.29. The zero-order valence-corrected chi connectivity index (χ0v) is 9.53. The van der Waals surface area contributed by atoms with Crippen molar-refractivity contribution in [2.75, 3.05) is 18.0 Å². The molecule has 1 saturated heterocycles. The van der Waals surface area contributed by atoms with Gasteiger partial charge < -0.3 is 10.6 Å². The summed E-state index contributed by atoms with van der Waals surface area (Å²) in [6, 6.07) is 7.44. The first-order valence-electron chi connectivity index (χ1n) is 6.04. The van der Waals surface area contributed by atoms with E-state index in [0.717, 1.165) is 31.5 Å². The molecular formula is C13H19FN2. The van der Waals surface area contributed by atoms with Crippen molar-refractivity contribution in [3.8, 4) is 0 Å². The molecule has 16 heavy (non-hydrogen) atoms. The van der Waals surface area contributed by atoms with E-state index in [1.54, 1.807) is 6.07 Å². The molecular weight excluding hydrogens is 203 g/mol. The summed E-state index contributed by atoms with van der Waals surface area (Å²) in [7, 11) is 0. The van der Waals surface area contributed by atoms with Crippen LogP contribution in [0.4, 0.5) is 10.1 Å². The highest BCUT2D eigenvalue weighted by Gasteiger charge is 2.23. The molecule has 0 aromatic heterocycles. The van der Waals surface area contributed by atoms with Crippen molar-refractivity contribution in [3.05, 3.63) is 30.1 Å². The highest BCUT2D eigenvalue weighted by Crippen LogP contribution is 2.28. The maximum absolute atomic E-state index is 13.7. The van der Waals surface area contributed by atoms with Crippen LogP contribution in [-0.4, -0.2) is 19.1 Å². The number of benzene rings is 1. The van der Waals surface area contributed by atoms with Crippen molar-refractivity contribution < 1.29 is 4.39 Å². The van der Waals surface area contributed by atoms with Crippen LogP contribution in [0, 0.1) is 5.82 Å². The summed E-state index contributed by atoms with van der Waals surface area (Å²) >= 11 is 0. The summed E-state index contributed by atoms with van der Waals surface area (Å²) in [4.78, 5) is 2.19. The molecule has 88 valence electrons. The molecule has 2 rings (SSSR count). The number of hydrogen-bond acceptors (Lipinski definition) is 2. The van der Waals surface area contributed by atoms with Gasteiger partial charge in [-0.25, -0.2) is 4.39 Å². The third kappa shape index (κ3) is 2.35. The van der Waals surface area contributed by atoms with Crippen molar-refractivity contribution in [2.24, 2.45) is 5.73 Å². The predicted octanol–water partition coefficient (Wildman–Crippen LogP) is 2.53. The Morgan fingerprint density at radius 3 is 2.88 bits per heavy atom. The number of halogens is 1. The highest BCUT2D eigenvalue weighted by molar-refractivity contribution is 5.49. The third-order valence-corrected chi connectivity index (χ3v) is 3.29. The number of anilines is 1. The molecule has 1 aromatic rings. The molecule has 0 aliphatic carbocycles. The second kappa shape index (κ2) is 5.30. The van der Waals surface area contributed by atoms with Crippen LogP contribution >= 0.6 is 0 Å². The van der Waals surface area contributed by atoms with E-state index in [4.69, 9.17) is 5.73 Å². The van der Waals surface area contributed by atoms with E-state index in [1.165, 1.54) is 12.5 Å². The molecule has 0 bridgehead atoms. The Labute approximate surface area is 96.2 Å². The molecule has 1 aromatic carbocycles. The maximum Gasteiger partial charge on any atom is 0.146 e. The first kappa shape index (κ1) is 11.4. The molecule has 1 aliphatic heterocycles. The Balaban J connectivity index is 2.19. The molecule has 1 aliphatic rings. The van der Waals surface area contributed by atoms with Gasteiger partial charge in [-0.2, -0.15) is 0 Å². The monoisotopic (exact) mass is 222 g/mol. The minimum atomic E-state index is -0.119. The largest absolute Gasteiger partial charge is 0.366 e. The lowest BCUT2D eigenvalue weighted by Gasteiger charge is -2.37. The molecule has 2 nitrogen and oxygen atoms in total. The number of para-hydroxylation sites is 1. The molecule has 1 heterocycles. The number of nitrogens with zero attached hydrogens (tertiary/aromatic N) is 1. The quantitative estimate of drug-likeness (QED) is 0.851. The van der Waals surface area contributed by atoms with Gasteiger partial charge in [-0.15, -0.1) is 0 Å². The molecule has 1 atom stereocenters. The Kier molecular flexibility index (Phi) is 3.78. The van der Waals surface area contributed by atoms with Gasteiger partial charge in [-0.05, 0) is 44.4 Å². The van der Waals surface area contributed by atoms with Crippen molar-refractivity contribution in [2.45, 2.75) is 31.7 Å². The number of piperidine rings is 1. The Bertz CT molecular complexity index is 338. The van der Waals surface area contributed by atoms with E-state index in [-0.39, 0.29) is 5.82 Å². The molecule has 0 spiro atoms. The van der Waals surface area contributed by atoms with Crippen molar-refractivity contribution >= 4 is 5.69 Å². The standard InChI is InChI=1S/C13H19FN2/c14-12-6-1-2-7-13(12)16-10-4-3-5-11(16)8-9-15/h1-2,6-7,11H,3-5,8-10,15H2. The van der Waals surface area contributed by atoms with Crippen molar-refractivity contribution in [1.82, 2.24) is 0 Å². The fraction of sp³-hybridized carbons (Fsp3) is 0.538. The normalized spacial score (nSPS) is 21.1. The minimum Gasteiger partial charge on any atom is -0.366 e. The van der Waals surface area contributed by atoms with Gasteiger partial charge in [0.1, 0.15) is 5.82 Å². The van der Waals surface area contributed by atoms with Crippen LogP contribution in [0.3, 0.4) is 0 Å². The molecule has 0 saturated carbocycles. The molecule has 1 unspecified atom stereocenters. The first-order valence-corrected chi connectivity index (χ1v) is 6.04. The average Bonchev–Trinajstić information content (AvgIpc) is 2.31. The minimum absolute atomic E-state index is 0.119. The Morgan fingerprint density at radius 2 is 2.12 bits per heavy atom. The van der Waals surface area contributed by atoms with E-state index >= 15 is 0 Å². The van der Waals surface area contributed by atoms with Crippen LogP contribution < -0.4 is 10.6 Å². The summed E-state index contributed by atoms with van der Waals surface area (Å²) < 4.78 is 13.7. The lowest BCUT2D eigenvalue weighted by Crippen LogP contribution is -2.41. The van der Waals surface area contributed by atoms with Gasteiger partial charge in [0.05, 0.1) is 5.69 Å². The van der Waals surface area contributed by atoms with Crippen LogP contribution in [0.2, 0.25) is 0 Å². The molecule has 0 amide bonds. The fourth-order valence-electron chi connectivity index (χ4n) is 2.49. The topological polar surface area (TPSA) is 29.3 Å². The van der Waals surface area contributed by atoms with Gasteiger partial charge in [0, 0.05) is 12.6 Å². The van der Waals surface area contributed by atoms with Crippen molar-refractivity contribution in [3.63, 3.8) is 0 Å². The first-order chi connectivity index (χ1) is 7.83. The van der Waals surface area contributed by atoms with E-state index < -0.39 is 0 Å². The zero-order chi connectivity index (χ0) is 11.4. The van der Waals surface area contributed by atoms with Crippen LogP contribution in [-0.2, 0) is 0 Å². The van der Waals surface area contributed by atoms with Crippen LogP contribution in [0.5, 0.6) is 0 Å². The lowest BCUT2D eigenvalue weighted by molar-refractivity contribution is 0.435. The van der Waals surface area contributed by atoms with E-state index in [9.17, 15) is 4.39 Å². The average molecular weight is 222 g/mol. The van der Waals surface area contributed by atoms with Gasteiger partial charge in [0.25, 0.3) is 0 Å². The Morgan fingerprint density at radius 1 is 1.31 bits per heavy atom. The van der Waals surface area contributed by atoms with Crippen LogP contribution in [0.1, 0.15) is 25.7 Å².